The molecule has 2 aliphatic rings. The molecule has 1 saturated heterocycles. The van der Waals surface area contributed by atoms with Crippen molar-refractivity contribution in [3.05, 3.63) is 0 Å². The molecule has 2 fully saturated rings. The van der Waals surface area contributed by atoms with Crippen molar-refractivity contribution < 1.29 is 4.79 Å². The first kappa shape index (κ1) is 12.8. The van der Waals surface area contributed by atoms with Gasteiger partial charge in [0.1, 0.15) is 0 Å². The molecule has 1 heterocycles. The van der Waals surface area contributed by atoms with Crippen LogP contribution in [0.15, 0.2) is 0 Å². The predicted octanol–water partition coefficient (Wildman–Crippen LogP) is 0.844. The molecule has 4 nitrogen and oxygen atoms in total. The zero-order valence-corrected chi connectivity index (χ0v) is 10.8. The highest BCUT2D eigenvalue weighted by molar-refractivity contribution is 5.84. The molecule has 0 spiro atoms. The van der Waals surface area contributed by atoms with Crippen LogP contribution in [0.4, 0.5) is 0 Å². The maximum atomic E-state index is 11.4. The third-order valence-corrected chi connectivity index (χ3v) is 4.46. The number of carbonyl (C=O) groups is 1. The fraction of sp³-hybridized carbons (Fsp3) is 0.923. The summed E-state index contributed by atoms with van der Waals surface area (Å²) in [7, 11) is 0. The minimum atomic E-state index is -0.760. The predicted molar refractivity (Wildman–Crippen MR) is 68.3 cm³/mol. The van der Waals surface area contributed by atoms with E-state index in [9.17, 15) is 4.79 Å². The number of hydrogen-bond donors (Lipinski definition) is 2. The minimum Gasteiger partial charge on any atom is -0.368 e. The molecule has 1 amide bonds. The van der Waals surface area contributed by atoms with E-state index in [0.717, 1.165) is 38.3 Å². The lowest BCUT2D eigenvalue weighted by Crippen LogP contribution is -2.59. The number of likely N-dealkylation sites (tertiary alicyclic amines) is 1. The van der Waals surface area contributed by atoms with E-state index in [1.54, 1.807) is 0 Å². The summed E-state index contributed by atoms with van der Waals surface area (Å²) in [4.78, 5) is 14.0. The van der Waals surface area contributed by atoms with Crippen molar-refractivity contribution in [3.63, 3.8) is 0 Å². The molecule has 4 N–H and O–H groups in total. The van der Waals surface area contributed by atoms with Crippen LogP contribution in [0.5, 0.6) is 0 Å². The monoisotopic (exact) mass is 239 g/mol. The van der Waals surface area contributed by atoms with Gasteiger partial charge in [-0.1, -0.05) is 6.92 Å². The Bertz CT molecular complexity index is 294. The molecule has 1 saturated carbocycles. The van der Waals surface area contributed by atoms with Gasteiger partial charge in [0, 0.05) is 12.6 Å². The largest absolute Gasteiger partial charge is 0.368 e. The minimum absolute atomic E-state index is 0.327. The average molecular weight is 239 g/mol. The van der Waals surface area contributed by atoms with Crippen LogP contribution in [0.25, 0.3) is 0 Å². The van der Waals surface area contributed by atoms with Gasteiger partial charge in [-0.15, -0.1) is 0 Å². The second-order valence-electron chi connectivity index (χ2n) is 6.01. The highest BCUT2D eigenvalue weighted by Crippen LogP contribution is 2.31. The second kappa shape index (κ2) is 4.94. The zero-order chi connectivity index (χ0) is 12.5. The highest BCUT2D eigenvalue weighted by Gasteiger charge is 2.40. The van der Waals surface area contributed by atoms with Gasteiger partial charge in [0.15, 0.2) is 0 Å². The maximum Gasteiger partial charge on any atom is 0.237 e. The molecule has 0 aromatic carbocycles. The van der Waals surface area contributed by atoms with E-state index in [0.29, 0.717) is 6.04 Å². The summed E-state index contributed by atoms with van der Waals surface area (Å²) in [6.45, 7) is 4.61. The van der Waals surface area contributed by atoms with Gasteiger partial charge in [0.05, 0.1) is 5.54 Å². The molecule has 1 aliphatic heterocycles. The van der Waals surface area contributed by atoms with Gasteiger partial charge in [-0.3, -0.25) is 4.79 Å². The first-order chi connectivity index (χ1) is 8.01. The molecule has 17 heavy (non-hydrogen) atoms. The summed E-state index contributed by atoms with van der Waals surface area (Å²) in [6.07, 6.45) is 6.28. The van der Waals surface area contributed by atoms with Gasteiger partial charge in [-0.05, 0) is 51.0 Å². The van der Waals surface area contributed by atoms with Gasteiger partial charge >= 0.3 is 0 Å². The summed E-state index contributed by atoms with van der Waals surface area (Å²) in [5, 5.41) is 0. The van der Waals surface area contributed by atoms with Crippen molar-refractivity contribution in [1.82, 2.24) is 4.90 Å². The molecule has 0 aromatic rings. The standard InChI is InChI=1S/C13H25N3O/c1-10-4-3-7-16(9-10)11-5-2-6-13(15,8-11)12(14)17/h10-11H,2-9,15H2,1H3,(H2,14,17). The second-order valence-corrected chi connectivity index (χ2v) is 6.01. The Kier molecular flexibility index (Phi) is 3.73. The smallest absolute Gasteiger partial charge is 0.237 e. The number of nitrogens with two attached hydrogens (primary N) is 2. The summed E-state index contributed by atoms with van der Waals surface area (Å²) in [5.74, 6) is 0.443. The van der Waals surface area contributed by atoms with E-state index < -0.39 is 5.54 Å². The summed E-state index contributed by atoms with van der Waals surface area (Å²) in [6, 6.07) is 0.462. The topological polar surface area (TPSA) is 72.3 Å². The molecular weight excluding hydrogens is 214 g/mol. The van der Waals surface area contributed by atoms with Crippen LogP contribution in [-0.4, -0.2) is 35.5 Å². The number of amides is 1. The Morgan fingerprint density at radius 1 is 1.35 bits per heavy atom. The number of rotatable bonds is 2. The first-order valence-corrected chi connectivity index (χ1v) is 6.84. The molecule has 0 radical (unpaired) electrons. The molecule has 3 atom stereocenters. The zero-order valence-electron chi connectivity index (χ0n) is 10.8. The Balaban J connectivity index is 1.99. The van der Waals surface area contributed by atoms with Crippen molar-refractivity contribution >= 4 is 5.91 Å². The van der Waals surface area contributed by atoms with Crippen LogP contribution in [0, 0.1) is 5.92 Å². The number of piperidine rings is 1. The molecule has 3 unspecified atom stereocenters. The van der Waals surface area contributed by atoms with Gasteiger partial charge in [-0.2, -0.15) is 0 Å². The molecule has 2 rings (SSSR count). The SMILES string of the molecule is CC1CCCN(C2CCCC(N)(C(N)=O)C2)C1. The summed E-state index contributed by atoms with van der Waals surface area (Å²) >= 11 is 0. The molecule has 1 aliphatic carbocycles. The number of hydrogen-bond acceptors (Lipinski definition) is 3. The lowest BCUT2D eigenvalue weighted by atomic mass is 9.78. The van der Waals surface area contributed by atoms with Gasteiger partial charge < -0.3 is 16.4 Å². The Hall–Kier alpha value is -0.610. The molecule has 0 bridgehead atoms. The average Bonchev–Trinajstić information content (AvgIpc) is 2.29. The van der Waals surface area contributed by atoms with Crippen molar-refractivity contribution in [2.45, 2.75) is 57.0 Å². The third-order valence-electron chi connectivity index (χ3n) is 4.46. The Morgan fingerprint density at radius 3 is 2.76 bits per heavy atom. The first-order valence-electron chi connectivity index (χ1n) is 6.84. The number of carbonyl (C=O) groups excluding carboxylic acids is 1. The van der Waals surface area contributed by atoms with Crippen molar-refractivity contribution in [2.75, 3.05) is 13.1 Å². The Morgan fingerprint density at radius 2 is 2.12 bits per heavy atom. The van der Waals surface area contributed by atoms with Crippen LogP contribution in [-0.2, 0) is 4.79 Å². The van der Waals surface area contributed by atoms with E-state index in [2.05, 4.69) is 11.8 Å². The van der Waals surface area contributed by atoms with Crippen LogP contribution in [0.2, 0.25) is 0 Å². The van der Waals surface area contributed by atoms with Crippen molar-refractivity contribution in [3.8, 4) is 0 Å². The van der Waals surface area contributed by atoms with Gasteiger partial charge in [0.25, 0.3) is 0 Å². The summed E-state index contributed by atoms with van der Waals surface area (Å²) in [5.41, 5.74) is 10.8. The van der Waals surface area contributed by atoms with E-state index in [1.165, 1.54) is 19.3 Å². The van der Waals surface area contributed by atoms with Crippen LogP contribution in [0.1, 0.15) is 45.4 Å². The summed E-state index contributed by atoms with van der Waals surface area (Å²) < 4.78 is 0. The number of primary amides is 1. The van der Waals surface area contributed by atoms with Crippen molar-refractivity contribution in [2.24, 2.45) is 17.4 Å². The molecular formula is C13H25N3O. The maximum absolute atomic E-state index is 11.4. The fourth-order valence-electron chi connectivity index (χ4n) is 3.37. The van der Waals surface area contributed by atoms with Crippen LogP contribution < -0.4 is 11.5 Å². The van der Waals surface area contributed by atoms with Gasteiger partial charge in [-0.25, -0.2) is 0 Å². The lowest BCUT2D eigenvalue weighted by Gasteiger charge is -2.43. The normalized spacial score (nSPS) is 40.1. The van der Waals surface area contributed by atoms with E-state index in [-0.39, 0.29) is 5.91 Å². The van der Waals surface area contributed by atoms with Crippen molar-refractivity contribution in [1.29, 1.82) is 0 Å². The highest BCUT2D eigenvalue weighted by atomic mass is 16.1. The fourth-order valence-corrected chi connectivity index (χ4v) is 3.37. The van der Waals surface area contributed by atoms with Gasteiger partial charge in [0.2, 0.25) is 5.91 Å². The van der Waals surface area contributed by atoms with E-state index in [4.69, 9.17) is 11.5 Å². The quantitative estimate of drug-likeness (QED) is 0.750. The van der Waals surface area contributed by atoms with E-state index >= 15 is 0 Å². The lowest BCUT2D eigenvalue weighted by molar-refractivity contribution is -0.125. The third kappa shape index (κ3) is 2.80. The number of nitrogens with zero attached hydrogens (tertiary/aromatic N) is 1. The molecule has 98 valence electrons. The van der Waals surface area contributed by atoms with Crippen LogP contribution in [0.3, 0.4) is 0 Å². The van der Waals surface area contributed by atoms with Crippen LogP contribution >= 0.6 is 0 Å². The molecule has 0 aromatic heterocycles. The Labute approximate surface area is 104 Å². The molecule has 4 heteroatoms. The van der Waals surface area contributed by atoms with E-state index in [1.807, 2.05) is 0 Å².